The third-order valence-corrected chi connectivity index (χ3v) is 24.9. The molecule has 17 nitrogen and oxygen atoms in total. The second kappa shape index (κ2) is 26.7. The van der Waals surface area contributed by atoms with Gasteiger partial charge in [-0.25, -0.2) is 14.4 Å². The second-order valence-corrected chi connectivity index (χ2v) is 30.1. The highest BCUT2D eigenvalue weighted by Crippen LogP contribution is 2.70. The number of aliphatic hydroxyl groups is 7. The molecule has 7 aliphatic carbocycles. The predicted octanol–water partition coefficient (Wildman–Crippen LogP) is 9.13. The van der Waals surface area contributed by atoms with E-state index in [9.17, 15) is 55.2 Å². The lowest BCUT2D eigenvalue weighted by Gasteiger charge is -2.60. The van der Waals surface area contributed by atoms with Gasteiger partial charge in [-0.3, -0.25) is 0 Å². The van der Waals surface area contributed by atoms with Crippen LogP contribution in [0.25, 0.3) is 0 Å². The van der Waals surface area contributed by atoms with Gasteiger partial charge in [0.05, 0.1) is 11.1 Å². The summed E-state index contributed by atoms with van der Waals surface area (Å²) < 4.78 is 35.1. The maximum Gasteiger partial charge on any atom is 0.385 e. The molecule has 2 heterocycles. The number of hydrogen-bond donors (Lipinski definition) is 8. The highest BCUT2D eigenvalue weighted by molar-refractivity contribution is 5.91. The number of hydrogen-bond acceptors (Lipinski definition) is 17. The van der Waals surface area contributed by atoms with Crippen molar-refractivity contribution < 1.29 is 83.7 Å². The molecule has 17 heteroatoms. The van der Waals surface area contributed by atoms with Gasteiger partial charge in [0.15, 0.2) is 12.6 Å². The average Bonchev–Trinajstić information content (AvgIpc) is 1.64. The maximum atomic E-state index is 14.1. The summed E-state index contributed by atoms with van der Waals surface area (Å²) in [6.07, 6.45) is 3.04. The monoisotopic (exact) mass is 1280 g/mol. The number of phenolic OH excluding ortho intramolecular Hbond substituents is 1. The molecular formula is C76H96O17. The quantitative estimate of drug-likeness (QED) is 0.0323. The summed E-state index contributed by atoms with van der Waals surface area (Å²) >= 11 is 0. The van der Waals surface area contributed by atoms with E-state index in [2.05, 4.69) is 77.4 Å². The number of rotatable bonds is 14. The van der Waals surface area contributed by atoms with Gasteiger partial charge >= 0.3 is 17.9 Å². The van der Waals surface area contributed by atoms with Gasteiger partial charge in [0.1, 0.15) is 79.0 Å². The number of esters is 3. The van der Waals surface area contributed by atoms with Gasteiger partial charge in [-0.1, -0.05) is 96.3 Å². The van der Waals surface area contributed by atoms with Crippen molar-refractivity contribution in [3.63, 3.8) is 0 Å². The Hall–Kier alpha value is -5.67. The van der Waals surface area contributed by atoms with Gasteiger partial charge in [-0.2, -0.15) is 0 Å². The minimum absolute atomic E-state index is 0.101. The molecule has 7 fully saturated rings. The third kappa shape index (κ3) is 12.5. The summed E-state index contributed by atoms with van der Waals surface area (Å²) in [5.74, 6) is 13.7. The first-order chi connectivity index (χ1) is 44.4. The van der Waals surface area contributed by atoms with Gasteiger partial charge < -0.3 is 69.3 Å². The molecule has 9 aliphatic rings. The summed E-state index contributed by atoms with van der Waals surface area (Å²) in [4.78, 5) is 40.8. The van der Waals surface area contributed by atoms with Crippen LogP contribution in [-0.4, -0.2) is 145 Å². The maximum absolute atomic E-state index is 14.1. The number of fused-ring (bicyclic) bond motifs is 10. The molecule has 0 amide bonds. The highest BCUT2D eigenvalue weighted by Gasteiger charge is 2.67. The van der Waals surface area contributed by atoms with Crippen LogP contribution >= 0.6 is 0 Å². The van der Waals surface area contributed by atoms with E-state index >= 15 is 0 Å². The Labute approximate surface area is 546 Å². The van der Waals surface area contributed by atoms with E-state index in [4.69, 9.17) is 28.4 Å². The summed E-state index contributed by atoms with van der Waals surface area (Å²) in [6, 6.07) is 18.1. The molecule has 22 atom stereocenters. The lowest BCUT2D eigenvalue weighted by atomic mass is 9.46. The molecule has 5 saturated carbocycles. The fraction of sp³-hybridized carbons (Fsp3) is 0.645. The van der Waals surface area contributed by atoms with Crippen molar-refractivity contribution in [1.82, 2.24) is 0 Å². The zero-order chi connectivity index (χ0) is 65.9. The lowest BCUT2D eigenvalue weighted by molar-refractivity contribution is -0.376. The number of aromatic hydroxyl groups is 1. The second-order valence-electron chi connectivity index (χ2n) is 30.1. The molecule has 2 aliphatic heterocycles. The van der Waals surface area contributed by atoms with E-state index in [0.29, 0.717) is 59.0 Å². The number of carbonyl (C=O) groups is 3. The summed E-state index contributed by atoms with van der Waals surface area (Å²) in [5, 5.41) is 87.9. The van der Waals surface area contributed by atoms with E-state index in [-0.39, 0.29) is 33.6 Å². The molecule has 0 spiro atoms. The first-order valence-electron chi connectivity index (χ1n) is 34.5. The van der Waals surface area contributed by atoms with Crippen molar-refractivity contribution in [2.75, 3.05) is 13.2 Å². The van der Waals surface area contributed by atoms with E-state index in [1.807, 2.05) is 6.07 Å². The fourth-order valence-corrected chi connectivity index (χ4v) is 19.5. The van der Waals surface area contributed by atoms with Gasteiger partial charge in [0.2, 0.25) is 0 Å². The first-order valence-corrected chi connectivity index (χ1v) is 34.5. The highest BCUT2D eigenvalue weighted by atomic mass is 16.8. The Bertz CT molecular complexity index is 3400. The van der Waals surface area contributed by atoms with Crippen molar-refractivity contribution in [2.24, 2.45) is 57.7 Å². The molecule has 12 rings (SSSR count). The van der Waals surface area contributed by atoms with Crippen molar-refractivity contribution >= 4 is 17.9 Å². The molecule has 93 heavy (non-hydrogen) atoms. The molecule has 0 aromatic heterocycles. The summed E-state index contributed by atoms with van der Waals surface area (Å²) in [7, 11) is 0. The number of ether oxygens (including phenoxy) is 6. The van der Waals surface area contributed by atoms with Crippen molar-refractivity contribution in [2.45, 2.75) is 236 Å². The number of carbonyl (C=O) groups excluding carboxylic acids is 3. The van der Waals surface area contributed by atoms with E-state index < -0.39 is 109 Å². The Kier molecular flexibility index (Phi) is 19.4. The average molecular weight is 1280 g/mol. The number of allylic oxidation sites excluding steroid dienone is 2. The standard InChI is InChI=1S/C76H96O17/c1-43(2)10-9-11-44(3)76(39-33-58-55-26-23-50-12-7-8-34-72(50,4)56(55)31-36-74(58,76)6)93-61(78)28-17-45-13-18-47(19-14-45)68(85)88-41-59-62(79)64(81)66(83)70(90-59)92-71-67(84)65(82)63(80)60(91-71)42-89-69(86)48-20-15-46(16-21-48)29-37-75(87)38-32-57-54-25-22-49-40-51(77)24-27-52(49)53(54)30-35-73(57,75)5/h13-16,18-21,23-24,27,40,43-44,53-60,62-67,70-71,77,79-84,87H,7-12,22,25-26,30-36,38-39,41-42H2,1-6H3/t44-,53-,54-,55-,56+,57+,58+,59-,60-,62-,63-,64+,65+,66-,67-,70-,71-,72+,73+,74+,75-,76+/m1/s1. The third-order valence-electron chi connectivity index (χ3n) is 24.9. The van der Waals surface area contributed by atoms with Gasteiger partial charge in [0.25, 0.3) is 0 Å². The van der Waals surface area contributed by atoms with E-state index in [1.165, 1.54) is 61.1 Å². The molecule has 0 bridgehead atoms. The van der Waals surface area contributed by atoms with Crippen molar-refractivity contribution in [3.8, 4) is 29.4 Å². The number of phenols is 1. The Morgan fingerprint density at radius 2 is 1.22 bits per heavy atom. The molecule has 3 aromatic rings. The zero-order valence-corrected chi connectivity index (χ0v) is 54.7. The van der Waals surface area contributed by atoms with Crippen LogP contribution in [0.5, 0.6) is 5.75 Å². The smallest absolute Gasteiger partial charge is 0.385 e. The normalized spacial score (nSPS) is 39.3. The molecule has 502 valence electrons. The zero-order valence-electron chi connectivity index (χ0n) is 54.7. The minimum Gasteiger partial charge on any atom is -0.508 e. The molecule has 2 saturated heterocycles. The number of benzene rings is 3. The van der Waals surface area contributed by atoms with Crippen molar-refractivity contribution in [1.29, 1.82) is 0 Å². The van der Waals surface area contributed by atoms with E-state index in [0.717, 1.165) is 83.5 Å². The largest absolute Gasteiger partial charge is 0.508 e. The summed E-state index contributed by atoms with van der Waals surface area (Å²) in [6.45, 7) is 12.6. The van der Waals surface area contributed by atoms with E-state index in [1.54, 1.807) is 35.9 Å². The summed E-state index contributed by atoms with van der Waals surface area (Å²) in [5.41, 5.74) is 3.30. The Morgan fingerprint density at radius 1 is 0.624 bits per heavy atom. The molecular weight excluding hydrogens is 1180 g/mol. The topological polar surface area (TPSA) is 268 Å². The molecule has 8 N–H and O–H groups in total. The lowest BCUT2D eigenvalue weighted by Crippen LogP contribution is -2.64. The minimum atomic E-state index is -1.94. The van der Waals surface area contributed by atoms with Crippen LogP contribution in [0.2, 0.25) is 0 Å². The number of aryl methyl sites for hydroxylation is 1. The Balaban J connectivity index is 0.629. The number of aliphatic hydroxyl groups excluding tert-OH is 6. The van der Waals surface area contributed by atoms with Gasteiger partial charge in [-0.15, -0.1) is 0 Å². The van der Waals surface area contributed by atoms with Crippen LogP contribution in [0.1, 0.15) is 200 Å². The van der Waals surface area contributed by atoms with Gasteiger partial charge in [-0.05, 0) is 221 Å². The van der Waals surface area contributed by atoms with Crippen LogP contribution in [0.4, 0.5) is 0 Å². The Morgan fingerprint density at radius 3 is 1.85 bits per heavy atom. The van der Waals surface area contributed by atoms with Crippen LogP contribution in [0, 0.1) is 81.4 Å². The SMILES string of the molecule is CC(C)CCC[C@@H](C)[C@@]1(OC(=O)C#Cc2ccc(C(=O)OC[C@H]3O[C@H](O[C@H]4O[C@H](COC(=O)c5ccc(C#C[C@@]6(O)CC[C@H]7[C@@H]8CCc9cc(O)ccc9[C@H]8CC[C@@]76C)cc5)[C@@H](O)[C@H](O)[C@H]4O)[C@H](O)[C@@H](O)[C@@H]3O)cc2)CC[C@H]2[C@@H]3CC=C4CCCC[C@]4(C)[C@H]3CC[C@@]21C. The van der Waals surface area contributed by atoms with Crippen molar-refractivity contribution in [3.05, 3.63) is 112 Å². The fourth-order valence-electron chi connectivity index (χ4n) is 19.5. The van der Waals surface area contributed by atoms with Crippen LogP contribution in [0.3, 0.4) is 0 Å². The van der Waals surface area contributed by atoms with Crippen LogP contribution < -0.4 is 0 Å². The molecule has 3 aromatic carbocycles. The molecule has 0 radical (unpaired) electrons. The van der Waals surface area contributed by atoms with Gasteiger partial charge in [0, 0.05) is 27.9 Å². The molecule has 0 unspecified atom stereocenters. The predicted molar refractivity (Wildman–Crippen MR) is 342 cm³/mol. The first kappa shape index (κ1) is 67.3. The van der Waals surface area contributed by atoms with Crippen LogP contribution in [0.15, 0.2) is 78.4 Å². The van der Waals surface area contributed by atoms with Crippen LogP contribution in [-0.2, 0) is 39.6 Å².